The minimum absolute atomic E-state index is 0.0725. The summed E-state index contributed by atoms with van der Waals surface area (Å²) in [4.78, 5) is 11.5. The van der Waals surface area contributed by atoms with Crippen molar-refractivity contribution in [2.45, 2.75) is 13.8 Å². The fourth-order valence-electron chi connectivity index (χ4n) is 1.30. The molecular weight excluding hydrogens is 190 g/mol. The van der Waals surface area contributed by atoms with Gasteiger partial charge in [0.25, 0.3) is 5.91 Å². The standard InChI is InChI=1S/C11H17N3O/c1-3-13-10-7-8(5-6-9(10)12)11(15)14-4-2/h5-7,13H,3-4,12H2,1-2H3,(H,14,15). The molecule has 0 fully saturated rings. The second kappa shape index (κ2) is 5.24. The average Bonchev–Trinajstić information content (AvgIpc) is 2.22. The van der Waals surface area contributed by atoms with Crippen molar-refractivity contribution in [3.05, 3.63) is 23.8 Å². The number of amides is 1. The maximum Gasteiger partial charge on any atom is 0.251 e. The lowest BCUT2D eigenvalue weighted by Gasteiger charge is -2.09. The molecule has 15 heavy (non-hydrogen) atoms. The molecule has 0 atom stereocenters. The lowest BCUT2D eigenvalue weighted by Crippen LogP contribution is -2.22. The molecule has 82 valence electrons. The van der Waals surface area contributed by atoms with Crippen LogP contribution in [-0.2, 0) is 0 Å². The Morgan fingerprint density at radius 1 is 1.33 bits per heavy atom. The Balaban J connectivity index is 2.91. The fraction of sp³-hybridized carbons (Fsp3) is 0.364. The Bertz CT molecular complexity index is 350. The molecule has 0 aromatic heterocycles. The first-order valence-corrected chi connectivity index (χ1v) is 5.10. The molecule has 0 saturated carbocycles. The zero-order valence-corrected chi connectivity index (χ0v) is 9.13. The Morgan fingerprint density at radius 3 is 2.67 bits per heavy atom. The van der Waals surface area contributed by atoms with Crippen LogP contribution in [0.25, 0.3) is 0 Å². The molecule has 0 heterocycles. The number of nitrogen functional groups attached to an aromatic ring is 1. The van der Waals surface area contributed by atoms with E-state index in [0.717, 1.165) is 12.2 Å². The van der Waals surface area contributed by atoms with Crippen LogP contribution in [-0.4, -0.2) is 19.0 Å². The van der Waals surface area contributed by atoms with Gasteiger partial charge < -0.3 is 16.4 Å². The van der Waals surface area contributed by atoms with Gasteiger partial charge in [0.15, 0.2) is 0 Å². The number of hydrogen-bond donors (Lipinski definition) is 3. The molecule has 0 spiro atoms. The van der Waals surface area contributed by atoms with Crippen LogP contribution in [0.5, 0.6) is 0 Å². The summed E-state index contributed by atoms with van der Waals surface area (Å²) in [5, 5.41) is 5.85. The molecule has 1 aromatic carbocycles. The predicted octanol–water partition coefficient (Wildman–Crippen LogP) is 1.45. The van der Waals surface area contributed by atoms with Gasteiger partial charge in [-0.2, -0.15) is 0 Å². The van der Waals surface area contributed by atoms with E-state index in [9.17, 15) is 4.79 Å². The van der Waals surface area contributed by atoms with E-state index in [0.29, 0.717) is 17.8 Å². The van der Waals surface area contributed by atoms with Gasteiger partial charge in [-0.15, -0.1) is 0 Å². The molecule has 0 radical (unpaired) electrons. The van der Waals surface area contributed by atoms with Gasteiger partial charge in [0.1, 0.15) is 0 Å². The molecule has 4 nitrogen and oxygen atoms in total. The van der Waals surface area contributed by atoms with Crippen LogP contribution < -0.4 is 16.4 Å². The van der Waals surface area contributed by atoms with Crippen molar-refractivity contribution in [3.63, 3.8) is 0 Å². The zero-order chi connectivity index (χ0) is 11.3. The Kier molecular flexibility index (Phi) is 3.97. The van der Waals surface area contributed by atoms with E-state index >= 15 is 0 Å². The van der Waals surface area contributed by atoms with E-state index in [1.54, 1.807) is 18.2 Å². The van der Waals surface area contributed by atoms with Crippen LogP contribution in [0, 0.1) is 0 Å². The van der Waals surface area contributed by atoms with Crippen molar-refractivity contribution >= 4 is 17.3 Å². The first kappa shape index (κ1) is 11.4. The number of hydrogen-bond acceptors (Lipinski definition) is 3. The number of carbonyl (C=O) groups excluding carboxylic acids is 1. The molecule has 0 saturated heterocycles. The van der Waals surface area contributed by atoms with Gasteiger partial charge in [0.2, 0.25) is 0 Å². The average molecular weight is 207 g/mol. The van der Waals surface area contributed by atoms with Crippen LogP contribution in [0.3, 0.4) is 0 Å². The highest BCUT2D eigenvalue weighted by molar-refractivity contribution is 5.96. The van der Waals surface area contributed by atoms with Crippen molar-refractivity contribution < 1.29 is 4.79 Å². The number of nitrogens with one attached hydrogen (secondary N) is 2. The third-order valence-corrected chi connectivity index (χ3v) is 2.02. The first-order chi connectivity index (χ1) is 7.19. The van der Waals surface area contributed by atoms with Gasteiger partial charge in [-0.25, -0.2) is 0 Å². The van der Waals surface area contributed by atoms with Crippen molar-refractivity contribution in [1.29, 1.82) is 0 Å². The van der Waals surface area contributed by atoms with E-state index < -0.39 is 0 Å². The molecule has 0 aliphatic rings. The zero-order valence-electron chi connectivity index (χ0n) is 9.13. The quantitative estimate of drug-likeness (QED) is 0.655. The molecule has 1 aromatic rings. The third kappa shape index (κ3) is 2.87. The summed E-state index contributed by atoms with van der Waals surface area (Å²) in [6.07, 6.45) is 0. The first-order valence-electron chi connectivity index (χ1n) is 5.10. The van der Waals surface area contributed by atoms with E-state index in [1.807, 2.05) is 13.8 Å². The van der Waals surface area contributed by atoms with Crippen molar-refractivity contribution in [2.24, 2.45) is 0 Å². The Labute approximate surface area is 89.9 Å². The van der Waals surface area contributed by atoms with E-state index in [4.69, 9.17) is 5.73 Å². The van der Waals surface area contributed by atoms with Gasteiger partial charge >= 0.3 is 0 Å². The van der Waals surface area contributed by atoms with E-state index in [-0.39, 0.29) is 5.91 Å². The van der Waals surface area contributed by atoms with Gasteiger partial charge in [-0.05, 0) is 32.0 Å². The summed E-state index contributed by atoms with van der Waals surface area (Å²) < 4.78 is 0. The monoisotopic (exact) mass is 207 g/mol. The highest BCUT2D eigenvalue weighted by atomic mass is 16.1. The molecule has 0 bridgehead atoms. The summed E-state index contributed by atoms with van der Waals surface area (Å²) in [5.74, 6) is -0.0725. The van der Waals surface area contributed by atoms with Crippen LogP contribution in [0.4, 0.5) is 11.4 Å². The lowest BCUT2D eigenvalue weighted by molar-refractivity contribution is 0.0956. The topological polar surface area (TPSA) is 67.2 Å². The Hall–Kier alpha value is -1.71. The van der Waals surface area contributed by atoms with E-state index in [2.05, 4.69) is 10.6 Å². The second-order valence-corrected chi connectivity index (χ2v) is 3.19. The highest BCUT2D eigenvalue weighted by Crippen LogP contribution is 2.19. The summed E-state index contributed by atoms with van der Waals surface area (Å²) in [5.41, 5.74) is 7.85. The third-order valence-electron chi connectivity index (χ3n) is 2.02. The molecule has 4 heteroatoms. The minimum atomic E-state index is -0.0725. The van der Waals surface area contributed by atoms with Crippen LogP contribution in [0.1, 0.15) is 24.2 Å². The fourth-order valence-corrected chi connectivity index (χ4v) is 1.30. The normalized spacial score (nSPS) is 9.73. The van der Waals surface area contributed by atoms with Crippen molar-refractivity contribution in [2.75, 3.05) is 24.1 Å². The SMILES string of the molecule is CCNC(=O)c1ccc(N)c(NCC)c1. The maximum absolute atomic E-state index is 11.5. The molecule has 0 aliphatic heterocycles. The number of anilines is 2. The van der Waals surface area contributed by atoms with Crippen molar-refractivity contribution in [1.82, 2.24) is 5.32 Å². The molecule has 1 amide bonds. The maximum atomic E-state index is 11.5. The highest BCUT2D eigenvalue weighted by Gasteiger charge is 2.06. The summed E-state index contributed by atoms with van der Waals surface area (Å²) in [6, 6.07) is 5.23. The summed E-state index contributed by atoms with van der Waals surface area (Å²) in [6.45, 7) is 5.28. The number of rotatable bonds is 4. The molecule has 1 rings (SSSR count). The van der Waals surface area contributed by atoms with E-state index in [1.165, 1.54) is 0 Å². The molecule has 0 unspecified atom stereocenters. The number of nitrogens with two attached hydrogens (primary N) is 1. The van der Waals surface area contributed by atoms with Crippen molar-refractivity contribution in [3.8, 4) is 0 Å². The van der Waals surface area contributed by atoms with Gasteiger partial charge in [0, 0.05) is 18.7 Å². The van der Waals surface area contributed by atoms with Gasteiger partial charge in [0.05, 0.1) is 11.4 Å². The summed E-state index contributed by atoms with van der Waals surface area (Å²) >= 11 is 0. The van der Waals surface area contributed by atoms with Crippen LogP contribution >= 0.6 is 0 Å². The molecular formula is C11H17N3O. The number of carbonyl (C=O) groups is 1. The second-order valence-electron chi connectivity index (χ2n) is 3.19. The minimum Gasteiger partial charge on any atom is -0.397 e. The van der Waals surface area contributed by atoms with Gasteiger partial charge in [-0.1, -0.05) is 0 Å². The Morgan fingerprint density at radius 2 is 2.07 bits per heavy atom. The smallest absolute Gasteiger partial charge is 0.251 e. The predicted molar refractivity (Wildman–Crippen MR) is 63.0 cm³/mol. The molecule has 4 N–H and O–H groups in total. The van der Waals surface area contributed by atoms with Gasteiger partial charge in [-0.3, -0.25) is 4.79 Å². The molecule has 0 aliphatic carbocycles. The number of benzene rings is 1. The van der Waals surface area contributed by atoms with Crippen LogP contribution in [0.15, 0.2) is 18.2 Å². The van der Waals surface area contributed by atoms with Crippen LogP contribution in [0.2, 0.25) is 0 Å². The summed E-state index contributed by atoms with van der Waals surface area (Å²) in [7, 11) is 0. The largest absolute Gasteiger partial charge is 0.397 e. The lowest BCUT2D eigenvalue weighted by atomic mass is 10.1.